The second-order valence-electron chi connectivity index (χ2n) is 4.15. The zero-order chi connectivity index (χ0) is 13.7. The summed E-state index contributed by atoms with van der Waals surface area (Å²) >= 11 is 11.8. The van der Waals surface area contributed by atoms with Crippen molar-refractivity contribution in [1.29, 1.82) is 0 Å². The maximum atomic E-state index is 11.2. The number of halogens is 2. The molecule has 0 aliphatic heterocycles. The van der Waals surface area contributed by atoms with Crippen LogP contribution >= 0.6 is 23.2 Å². The van der Waals surface area contributed by atoms with E-state index in [1.807, 2.05) is 6.92 Å². The Morgan fingerprint density at radius 1 is 1.39 bits per heavy atom. The molecule has 0 heterocycles. The van der Waals surface area contributed by atoms with Gasteiger partial charge in [-0.15, -0.1) is 0 Å². The van der Waals surface area contributed by atoms with Crippen molar-refractivity contribution in [2.75, 3.05) is 19.3 Å². The molecule has 1 rings (SSSR count). The Kier molecular flexibility index (Phi) is 6.60. The number of benzene rings is 1. The fraction of sp³-hybridized carbons (Fsp3) is 0.500. The minimum atomic E-state index is -0.869. The molecular weight excluding hydrogens is 293 g/mol. The molecule has 2 N–H and O–H groups in total. The number of rotatable bonds is 6. The third kappa shape index (κ3) is 4.86. The molecular formula is C12H17Cl2NO2S. The summed E-state index contributed by atoms with van der Waals surface area (Å²) in [5.74, 6) is 0. The van der Waals surface area contributed by atoms with Crippen LogP contribution in [0.2, 0.25) is 10.0 Å². The smallest absolute Gasteiger partial charge is 0.0929 e. The van der Waals surface area contributed by atoms with Gasteiger partial charge in [0, 0.05) is 51.0 Å². The average Bonchev–Trinajstić information content (AvgIpc) is 2.31. The normalized spacial score (nSPS) is 16.3. The third-order valence-corrected chi connectivity index (χ3v) is 4.53. The van der Waals surface area contributed by atoms with Crippen molar-refractivity contribution in [3.8, 4) is 0 Å². The standard InChI is InChI=1S/C12H17Cl2NO2S/c1-8(18(2)17)6-15-7-12(16)10-5-9(13)3-4-11(10)14/h3-5,8,12,15-16H,6-7H2,1-2H3. The van der Waals surface area contributed by atoms with Crippen LogP contribution in [-0.4, -0.2) is 33.9 Å². The van der Waals surface area contributed by atoms with Crippen molar-refractivity contribution < 1.29 is 9.32 Å². The van der Waals surface area contributed by atoms with Crippen LogP contribution in [0.25, 0.3) is 0 Å². The van der Waals surface area contributed by atoms with E-state index in [9.17, 15) is 9.32 Å². The van der Waals surface area contributed by atoms with Crippen LogP contribution in [0.1, 0.15) is 18.6 Å². The molecule has 0 saturated carbocycles. The molecule has 0 aromatic heterocycles. The number of hydrogen-bond acceptors (Lipinski definition) is 3. The van der Waals surface area contributed by atoms with E-state index in [4.69, 9.17) is 23.2 Å². The Morgan fingerprint density at radius 3 is 2.67 bits per heavy atom. The van der Waals surface area contributed by atoms with Crippen LogP contribution in [-0.2, 0) is 10.8 Å². The van der Waals surface area contributed by atoms with Gasteiger partial charge in [0.25, 0.3) is 0 Å². The molecule has 0 amide bonds. The summed E-state index contributed by atoms with van der Waals surface area (Å²) < 4.78 is 11.2. The molecule has 0 aliphatic rings. The van der Waals surface area contributed by atoms with Crippen LogP contribution < -0.4 is 5.32 Å². The van der Waals surface area contributed by atoms with Crippen molar-refractivity contribution in [3.63, 3.8) is 0 Å². The van der Waals surface area contributed by atoms with Crippen molar-refractivity contribution in [2.24, 2.45) is 0 Å². The monoisotopic (exact) mass is 309 g/mol. The maximum absolute atomic E-state index is 11.2. The molecule has 1 aromatic carbocycles. The van der Waals surface area contributed by atoms with E-state index in [0.29, 0.717) is 28.7 Å². The lowest BCUT2D eigenvalue weighted by atomic mass is 10.1. The second-order valence-corrected chi connectivity index (χ2v) is 6.79. The van der Waals surface area contributed by atoms with Crippen molar-refractivity contribution in [3.05, 3.63) is 33.8 Å². The number of nitrogens with one attached hydrogen (secondary N) is 1. The predicted molar refractivity (Wildman–Crippen MR) is 77.8 cm³/mol. The van der Waals surface area contributed by atoms with Gasteiger partial charge in [0.2, 0.25) is 0 Å². The molecule has 102 valence electrons. The molecule has 18 heavy (non-hydrogen) atoms. The molecule has 0 bridgehead atoms. The van der Waals surface area contributed by atoms with Gasteiger partial charge in [-0.05, 0) is 25.1 Å². The Balaban J connectivity index is 2.52. The Hall–Kier alpha value is -0.130. The molecule has 0 fully saturated rings. The van der Waals surface area contributed by atoms with Gasteiger partial charge in [0.1, 0.15) is 0 Å². The van der Waals surface area contributed by atoms with Crippen molar-refractivity contribution in [2.45, 2.75) is 18.3 Å². The van der Waals surface area contributed by atoms with Gasteiger partial charge < -0.3 is 10.4 Å². The number of hydrogen-bond donors (Lipinski definition) is 2. The van der Waals surface area contributed by atoms with Crippen molar-refractivity contribution >= 4 is 34.0 Å². The van der Waals surface area contributed by atoms with Gasteiger partial charge in [0.15, 0.2) is 0 Å². The minimum Gasteiger partial charge on any atom is -0.387 e. The van der Waals surface area contributed by atoms with E-state index >= 15 is 0 Å². The second kappa shape index (κ2) is 7.46. The zero-order valence-electron chi connectivity index (χ0n) is 10.3. The molecule has 0 aliphatic carbocycles. The quantitative estimate of drug-likeness (QED) is 0.848. The fourth-order valence-electron chi connectivity index (χ4n) is 1.42. The van der Waals surface area contributed by atoms with Gasteiger partial charge in [-0.3, -0.25) is 4.21 Å². The summed E-state index contributed by atoms with van der Waals surface area (Å²) in [6, 6.07) is 4.99. The third-order valence-electron chi connectivity index (χ3n) is 2.65. The molecule has 6 heteroatoms. The highest BCUT2D eigenvalue weighted by Gasteiger charge is 2.13. The van der Waals surface area contributed by atoms with Crippen LogP contribution in [0.15, 0.2) is 18.2 Å². The molecule has 3 nitrogen and oxygen atoms in total. The highest BCUT2D eigenvalue weighted by Crippen LogP contribution is 2.25. The number of aliphatic hydroxyl groups excluding tert-OH is 1. The summed E-state index contributed by atoms with van der Waals surface area (Å²) in [6.07, 6.45) is 0.935. The summed E-state index contributed by atoms with van der Waals surface area (Å²) in [4.78, 5) is 0. The van der Waals surface area contributed by atoms with Gasteiger partial charge >= 0.3 is 0 Å². The number of aliphatic hydroxyl groups is 1. The van der Waals surface area contributed by atoms with E-state index < -0.39 is 16.9 Å². The van der Waals surface area contributed by atoms with Crippen LogP contribution in [0.5, 0.6) is 0 Å². The fourth-order valence-corrected chi connectivity index (χ4v) is 2.20. The lowest BCUT2D eigenvalue weighted by molar-refractivity contribution is 0.175. The lowest BCUT2D eigenvalue weighted by Crippen LogP contribution is -2.30. The van der Waals surface area contributed by atoms with E-state index in [2.05, 4.69) is 5.32 Å². The van der Waals surface area contributed by atoms with Crippen molar-refractivity contribution in [1.82, 2.24) is 5.32 Å². The van der Waals surface area contributed by atoms with Gasteiger partial charge in [-0.25, -0.2) is 0 Å². The molecule has 3 atom stereocenters. The van der Waals surface area contributed by atoms with Crippen LogP contribution in [0.4, 0.5) is 0 Å². The Bertz CT molecular complexity index is 429. The highest BCUT2D eigenvalue weighted by molar-refractivity contribution is 7.84. The Labute approximate surface area is 120 Å². The van der Waals surface area contributed by atoms with Gasteiger partial charge in [-0.2, -0.15) is 0 Å². The predicted octanol–water partition coefficient (Wildman–Crippen LogP) is 2.38. The average molecular weight is 310 g/mol. The van der Waals surface area contributed by atoms with E-state index in [0.717, 1.165) is 0 Å². The zero-order valence-corrected chi connectivity index (χ0v) is 12.6. The Morgan fingerprint density at radius 2 is 2.06 bits per heavy atom. The van der Waals surface area contributed by atoms with Crippen LogP contribution in [0.3, 0.4) is 0 Å². The van der Waals surface area contributed by atoms with Gasteiger partial charge in [-0.1, -0.05) is 23.2 Å². The molecule has 0 saturated heterocycles. The summed E-state index contributed by atoms with van der Waals surface area (Å²) in [7, 11) is -0.869. The van der Waals surface area contributed by atoms with E-state index in [-0.39, 0.29) is 5.25 Å². The van der Waals surface area contributed by atoms with E-state index in [1.54, 1.807) is 24.5 Å². The molecule has 1 aromatic rings. The lowest BCUT2D eigenvalue weighted by Gasteiger charge is -2.15. The van der Waals surface area contributed by atoms with E-state index in [1.165, 1.54) is 0 Å². The van der Waals surface area contributed by atoms with Crippen LogP contribution in [0, 0.1) is 0 Å². The summed E-state index contributed by atoms with van der Waals surface area (Å²) in [6.45, 7) is 2.82. The first-order chi connectivity index (χ1) is 8.41. The maximum Gasteiger partial charge on any atom is 0.0929 e. The summed E-state index contributed by atoms with van der Waals surface area (Å²) in [5.41, 5.74) is 0.599. The molecule has 0 spiro atoms. The first-order valence-corrected chi connectivity index (χ1v) is 7.95. The molecule has 0 radical (unpaired) electrons. The first-order valence-electron chi connectivity index (χ1n) is 5.57. The highest BCUT2D eigenvalue weighted by atomic mass is 35.5. The van der Waals surface area contributed by atoms with Gasteiger partial charge in [0.05, 0.1) is 6.10 Å². The first kappa shape index (κ1) is 15.9. The largest absolute Gasteiger partial charge is 0.387 e. The topological polar surface area (TPSA) is 49.3 Å². The minimum absolute atomic E-state index is 0.0482. The molecule has 3 unspecified atom stereocenters. The summed E-state index contributed by atoms with van der Waals surface area (Å²) in [5, 5.41) is 14.1. The SMILES string of the molecule is CC(CNCC(O)c1cc(Cl)ccc1Cl)S(C)=O.